The lowest BCUT2D eigenvalue weighted by atomic mass is 9.95. The predicted octanol–water partition coefficient (Wildman–Crippen LogP) is 6.87. The molecule has 1 amide bonds. The number of benzene rings is 3. The molecule has 0 bridgehead atoms. The van der Waals surface area contributed by atoms with E-state index in [4.69, 9.17) is 61.2 Å². The van der Waals surface area contributed by atoms with Gasteiger partial charge in [-0.2, -0.15) is 5.10 Å². The minimum absolute atomic E-state index is 0.182. The predicted molar refractivity (Wildman–Crippen MR) is 179 cm³/mol. The lowest BCUT2D eigenvalue weighted by Gasteiger charge is -2.30. The first kappa shape index (κ1) is 33.5. The number of amides is 1. The first-order chi connectivity index (χ1) is 21.1. The highest BCUT2D eigenvalue weighted by atomic mass is 79.9. The number of esters is 1. The molecule has 0 unspecified atom stereocenters. The molecule has 0 fully saturated rings. The van der Waals surface area contributed by atoms with Gasteiger partial charge in [-0.15, -0.1) is 0 Å². The maximum absolute atomic E-state index is 12.7. The van der Waals surface area contributed by atoms with Crippen molar-refractivity contribution in [2.24, 2.45) is 5.10 Å². The number of nitrogens with one attached hydrogen (secondary N) is 3. The first-order valence-corrected chi connectivity index (χ1v) is 15.5. The number of rotatable bonds is 11. The van der Waals surface area contributed by atoms with Crippen molar-refractivity contribution in [3.63, 3.8) is 0 Å². The summed E-state index contributed by atoms with van der Waals surface area (Å²) in [4.78, 5) is 25.3. The second-order valence-electron chi connectivity index (χ2n) is 9.25. The van der Waals surface area contributed by atoms with E-state index in [1.54, 1.807) is 68.4 Å². The fourth-order valence-corrected chi connectivity index (χ4v) is 5.91. The Hall–Kier alpha value is -3.35. The zero-order chi connectivity index (χ0) is 31.8. The average Bonchev–Trinajstić information content (AvgIpc) is 2.96. The molecule has 1 atom stereocenters. The molecule has 230 valence electrons. The topological polar surface area (TPSA) is 110 Å². The molecule has 4 rings (SSSR count). The Morgan fingerprint density at radius 2 is 1.86 bits per heavy atom. The lowest BCUT2D eigenvalue weighted by molar-refractivity contribution is -0.139. The van der Waals surface area contributed by atoms with Crippen LogP contribution in [0, 0.1) is 0 Å². The number of carbonyl (C=O) groups excluding carboxylic acids is 2. The fourth-order valence-electron chi connectivity index (χ4n) is 4.19. The highest BCUT2D eigenvalue weighted by Crippen LogP contribution is 2.36. The number of allylic oxidation sites excluding steroid dienone is 1. The van der Waals surface area contributed by atoms with Crippen molar-refractivity contribution in [1.82, 2.24) is 16.1 Å². The van der Waals surface area contributed by atoms with E-state index in [-0.39, 0.29) is 19.8 Å². The van der Waals surface area contributed by atoms with E-state index in [2.05, 4.69) is 37.1 Å². The second-order valence-corrected chi connectivity index (χ2v) is 11.8. The number of hydrogen-bond donors (Lipinski definition) is 3. The van der Waals surface area contributed by atoms with Crippen LogP contribution >= 0.6 is 63.0 Å². The van der Waals surface area contributed by atoms with Crippen LogP contribution in [-0.2, 0) is 20.9 Å². The van der Waals surface area contributed by atoms with E-state index >= 15 is 0 Å². The first-order valence-electron chi connectivity index (χ1n) is 13.1. The van der Waals surface area contributed by atoms with Crippen molar-refractivity contribution in [3.8, 4) is 11.5 Å². The minimum atomic E-state index is -0.640. The molecule has 1 aliphatic rings. The second kappa shape index (κ2) is 15.6. The number of hydrazone groups is 1. The molecule has 0 radical (unpaired) electrons. The van der Waals surface area contributed by atoms with Gasteiger partial charge in [0.05, 0.1) is 33.9 Å². The van der Waals surface area contributed by atoms with Crippen LogP contribution in [0.5, 0.6) is 11.5 Å². The Morgan fingerprint density at radius 3 is 2.59 bits per heavy atom. The van der Waals surface area contributed by atoms with Crippen LogP contribution in [0.2, 0.25) is 15.1 Å². The molecule has 3 aromatic rings. The minimum Gasteiger partial charge on any atom is -0.486 e. The number of hydrogen-bond acceptors (Lipinski definition) is 7. The lowest BCUT2D eigenvalue weighted by Crippen LogP contribution is -2.45. The van der Waals surface area contributed by atoms with Crippen molar-refractivity contribution in [2.75, 3.05) is 13.2 Å². The SMILES string of the molecule is CCOC(=O)C1=C(C)NC(=S)N[C@@H]1c1ccccc1OCC(=O)NN=Cc1cc(Cl)c(OCc2ccc(Cl)cc2Cl)c(Br)c1. The molecule has 0 saturated carbocycles. The Labute approximate surface area is 283 Å². The van der Waals surface area contributed by atoms with Gasteiger partial charge >= 0.3 is 5.97 Å². The van der Waals surface area contributed by atoms with E-state index < -0.39 is 17.9 Å². The van der Waals surface area contributed by atoms with E-state index in [9.17, 15) is 9.59 Å². The maximum Gasteiger partial charge on any atom is 0.338 e. The number of carbonyl (C=O) groups is 2. The third-order valence-electron chi connectivity index (χ3n) is 6.16. The summed E-state index contributed by atoms with van der Waals surface area (Å²) in [7, 11) is 0. The Bertz CT molecular complexity index is 1630. The van der Waals surface area contributed by atoms with E-state index in [1.807, 2.05) is 0 Å². The molecule has 0 spiro atoms. The normalized spacial score (nSPS) is 14.6. The summed E-state index contributed by atoms with van der Waals surface area (Å²) < 4.78 is 17.5. The third kappa shape index (κ3) is 8.64. The van der Waals surface area contributed by atoms with Crippen molar-refractivity contribution in [3.05, 3.63) is 102 Å². The summed E-state index contributed by atoms with van der Waals surface area (Å²) in [6.07, 6.45) is 1.43. The molecule has 0 saturated heterocycles. The highest BCUT2D eigenvalue weighted by Gasteiger charge is 2.32. The van der Waals surface area contributed by atoms with Crippen molar-refractivity contribution in [1.29, 1.82) is 0 Å². The van der Waals surface area contributed by atoms with Crippen LogP contribution in [0.1, 0.15) is 36.6 Å². The molecule has 3 aromatic carbocycles. The summed E-state index contributed by atoms with van der Waals surface area (Å²) in [6, 6.07) is 14.9. The number of ether oxygens (including phenoxy) is 3. The Morgan fingerprint density at radius 1 is 1.09 bits per heavy atom. The smallest absolute Gasteiger partial charge is 0.338 e. The van der Waals surface area contributed by atoms with Gasteiger partial charge in [-0.25, -0.2) is 10.2 Å². The van der Waals surface area contributed by atoms with Crippen LogP contribution in [0.15, 0.2) is 75.4 Å². The zero-order valence-corrected chi connectivity index (χ0v) is 28.1. The van der Waals surface area contributed by atoms with Gasteiger partial charge in [0.25, 0.3) is 5.91 Å². The zero-order valence-electron chi connectivity index (χ0n) is 23.4. The van der Waals surface area contributed by atoms with Crippen LogP contribution < -0.4 is 25.5 Å². The number of nitrogens with zero attached hydrogens (tertiary/aromatic N) is 1. The monoisotopic (exact) mass is 738 g/mol. The van der Waals surface area contributed by atoms with Crippen LogP contribution in [0.4, 0.5) is 0 Å². The van der Waals surface area contributed by atoms with E-state index in [0.29, 0.717) is 58.5 Å². The average molecular weight is 741 g/mol. The van der Waals surface area contributed by atoms with Crippen LogP contribution in [0.3, 0.4) is 0 Å². The van der Waals surface area contributed by atoms with Gasteiger partial charge in [-0.1, -0.05) is 59.1 Å². The van der Waals surface area contributed by atoms with Gasteiger partial charge in [0.2, 0.25) is 0 Å². The van der Waals surface area contributed by atoms with E-state index in [0.717, 1.165) is 5.56 Å². The third-order valence-corrected chi connectivity index (χ3v) is 7.84. The van der Waals surface area contributed by atoms with Gasteiger partial charge in [-0.05, 0) is 77.9 Å². The molecule has 14 heteroatoms. The molecular formula is C30H26BrCl3N4O5S. The molecule has 0 aliphatic carbocycles. The van der Waals surface area contributed by atoms with Gasteiger partial charge in [0.15, 0.2) is 17.5 Å². The number of thiocarbonyl (C=S) groups is 1. The molecule has 9 nitrogen and oxygen atoms in total. The van der Waals surface area contributed by atoms with Crippen molar-refractivity contribution >= 4 is 86.2 Å². The summed E-state index contributed by atoms with van der Waals surface area (Å²) in [6.45, 7) is 3.53. The number of halogens is 4. The molecule has 1 heterocycles. The van der Waals surface area contributed by atoms with Crippen LogP contribution in [-0.4, -0.2) is 36.4 Å². The molecule has 3 N–H and O–H groups in total. The van der Waals surface area contributed by atoms with Crippen molar-refractivity contribution < 1.29 is 23.8 Å². The van der Waals surface area contributed by atoms with Gasteiger partial charge in [0, 0.05) is 26.9 Å². The Kier molecular flexibility index (Phi) is 11.9. The molecule has 44 heavy (non-hydrogen) atoms. The van der Waals surface area contributed by atoms with Crippen molar-refractivity contribution in [2.45, 2.75) is 26.5 Å². The molecular weight excluding hydrogens is 715 g/mol. The van der Waals surface area contributed by atoms with Gasteiger partial charge in [0.1, 0.15) is 12.4 Å². The number of para-hydroxylation sites is 1. The summed E-state index contributed by atoms with van der Waals surface area (Å²) in [5, 5.41) is 11.7. The standard InChI is InChI=1S/C30H26BrCl3N4O5S/c1-3-41-29(40)26-16(2)36-30(44)37-27(26)20-6-4-5-7-24(20)42-15-25(39)38-35-13-17-10-21(31)28(23(34)11-17)43-14-18-8-9-19(32)12-22(18)33/h4-13,27H,3,14-15H2,1-2H3,(H,38,39)(H2,36,37,44)/t27-/m1/s1. The maximum atomic E-state index is 12.7. The molecule has 1 aliphatic heterocycles. The van der Waals surface area contributed by atoms with Gasteiger partial charge < -0.3 is 24.8 Å². The summed E-state index contributed by atoms with van der Waals surface area (Å²) in [5.74, 6) is -0.190. The summed E-state index contributed by atoms with van der Waals surface area (Å²) >= 11 is 27.4. The highest BCUT2D eigenvalue weighted by molar-refractivity contribution is 9.10. The van der Waals surface area contributed by atoms with Crippen LogP contribution in [0.25, 0.3) is 0 Å². The molecule has 0 aromatic heterocycles. The van der Waals surface area contributed by atoms with Gasteiger partial charge in [-0.3, -0.25) is 4.79 Å². The summed E-state index contributed by atoms with van der Waals surface area (Å²) in [5.41, 5.74) is 5.32. The van der Waals surface area contributed by atoms with E-state index in [1.165, 1.54) is 6.21 Å². The Balaban J connectivity index is 1.38. The quantitative estimate of drug-likeness (QED) is 0.0846. The fraction of sp³-hybridized carbons (Fsp3) is 0.200. The largest absolute Gasteiger partial charge is 0.486 e.